The van der Waals surface area contributed by atoms with Gasteiger partial charge in [0.25, 0.3) is 0 Å². The fourth-order valence-electron chi connectivity index (χ4n) is 4.61. The highest BCUT2D eigenvalue weighted by Gasteiger charge is 2.32. The summed E-state index contributed by atoms with van der Waals surface area (Å²) < 4.78 is 56.6. The lowest BCUT2D eigenvalue weighted by Gasteiger charge is -2.31. The van der Waals surface area contributed by atoms with E-state index < -0.39 is 17.6 Å². The Labute approximate surface area is 213 Å². The summed E-state index contributed by atoms with van der Waals surface area (Å²) in [6, 6.07) is 8.33. The van der Waals surface area contributed by atoms with Crippen LogP contribution >= 0.6 is 0 Å². The average Bonchev–Trinajstić information content (AvgIpc) is 3.61. The van der Waals surface area contributed by atoms with Gasteiger partial charge in [-0.05, 0) is 47.5 Å². The van der Waals surface area contributed by atoms with E-state index in [0.717, 1.165) is 30.9 Å². The molecule has 0 radical (unpaired) electrons. The minimum absolute atomic E-state index is 0.179. The van der Waals surface area contributed by atoms with Crippen molar-refractivity contribution in [1.82, 2.24) is 39.6 Å². The molecule has 14 heteroatoms. The number of hydrogen-bond donors (Lipinski definition) is 1. The van der Waals surface area contributed by atoms with Crippen LogP contribution in [0.25, 0.3) is 11.3 Å². The Kier molecular flexibility index (Phi) is 5.85. The molecule has 0 amide bonds. The van der Waals surface area contributed by atoms with E-state index in [4.69, 9.17) is 0 Å². The van der Waals surface area contributed by atoms with Crippen molar-refractivity contribution < 1.29 is 17.6 Å². The number of halogens is 4. The molecule has 5 heterocycles. The molecule has 1 fully saturated rings. The van der Waals surface area contributed by atoms with E-state index in [1.807, 2.05) is 33.8 Å². The monoisotopic (exact) mass is 524 g/mol. The minimum Gasteiger partial charge on any atom is -0.350 e. The average molecular weight is 524 g/mol. The quantitative estimate of drug-likeness (QED) is 0.338. The Bertz CT molecular complexity index is 1560. The molecule has 1 aliphatic heterocycles. The third kappa shape index (κ3) is 4.48. The molecule has 1 aromatic carbocycles. The van der Waals surface area contributed by atoms with Gasteiger partial charge in [0, 0.05) is 55.6 Å². The highest BCUT2D eigenvalue weighted by Crippen LogP contribution is 2.33. The summed E-state index contributed by atoms with van der Waals surface area (Å²) in [6.45, 7) is 1.19. The Morgan fingerprint density at radius 3 is 2.42 bits per heavy atom. The summed E-state index contributed by atoms with van der Waals surface area (Å²) in [7, 11) is 0. The molecule has 1 saturated heterocycles. The number of imidazole rings is 1. The van der Waals surface area contributed by atoms with Crippen LogP contribution in [0.4, 0.5) is 34.9 Å². The van der Waals surface area contributed by atoms with Gasteiger partial charge < -0.3 is 14.6 Å². The first kappa shape index (κ1) is 23.8. The van der Waals surface area contributed by atoms with Gasteiger partial charge in [-0.2, -0.15) is 13.2 Å². The molecule has 0 aliphatic carbocycles. The van der Waals surface area contributed by atoms with Crippen LogP contribution in [0, 0.1) is 5.82 Å². The molecular formula is C24H20F4N10. The lowest BCUT2D eigenvalue weighted by Crippen LogP contribution is -2.34. The summed E-state index contributed by atoms with van der Waals surface area (Å²) in [6.07, 6.45) is 3.78. The highest BCUT2D eigenvalue weighted by atomic mass is 19.4. The van der Waals surface area contributed by atoms with Gasteiger partial charge in [0.05, 0.1) is 22.6 Å². The van der Waals surface area contributed by atoms with Gasteiger partial charge in [-0.3, -0.25) is 0 Å². The molecule has 1 aliphatic rings. The molecule has 38 heavy (non-hydrogen) atoms. The second-order valence-electron chi connectivity index (χ2n) is 8.87. The number of piperidine rings is 1. The fourth-order valence-corrected chi connectivity index (χ4v) is 4.61. The first-order chi connectivity index (χ1) is 18.4. The number of rotatable bonds is 5. The zero-order chi connectivity index (χ0) is 26.3. The zero-order valence-electron chi connectivity index (χ0n) is 19.7. The number of alkyl halides is 3. The Balaban J connectivity index is 1.17. The minimum atomic E-state index is -4.47. The molecule has 6 rings (SSSR count). The van der Waals surface area contributed by atoms with Gasteiger partial charge in [-0.15, -0.1) is 5.10 Å². The molecule has 0 spiro atoms. The van der Waals surface area contributed by atoms with Gasteiger partial charge in [0.1, 0.15) is 12.1 Å². The molecule has 5 aromatic rings. The van der Waals surface area contributed by atoms with E-state index in [9.17, 15) is 17.6 Å². The molecular weight excluding hydrogens is 504 g/mol. The molecule has 0 atom stereocenters. The standard InChI is InChI=1S/C24H20F4N10/c25-18-10-17(38-14-32-34-35-38)3-4-19(18)33-20-2-1-7-37-21(13-29-22(20)37)15-5-8-36(9-6-15)23-30-11-16(12-31-23)24(26,27)28/h1-4,7,10-15,33H,5-6,8-9H2. The second kappa shape index (κ2) is 9.36. The van der Waals surface area contributed by atoms with E-state index in [0.29, 0.717) is 30.1 Å². The fraction of sp³-hybridized carbons (Fsp3) is 0.250. The van der Waals surface area contributed by atoms with Crippen LogP contribution in [0.15, 0.2) is 61.4 Å². The number of tetrazole rings is 1. The van der Waals surface area contributed by atoms with Crippen molar-refractivity contribution in [2.75, 3.05) is 23.3 Å². The van der Waals surface area contributed by atoms with E-state index in [2.05, 4.69) is 35.8 Å². The Hall–Kier alpha value is -4.62. The second-order valence-corrected chi connectivity index (χ2v) is 8.87. The van der Waals surface area contributed by atoms with Crippen LogP contribution in [-0.4, -0.2) is 52.6 Å². The molecule has 1 N–H and O–H groups in total. The topological polar surface area (TPSA) is 102 Å². The van der Waals surface area contributed by atoms with Crippen molar-refractivity contribution in [2.24, 2.45) is 0 Å². The smallest absolute Gasteiger partial charge is 0.350 e. The molecule has 4 aromatic heterocycles. The number of benzene rings is 1. The van der Waals surface area contributed by atoms with E-state index in [1.165, 1.54) is 17.1 Å². The van der Waals surface area contributed by atoms with E-state index >= 15 is 0 Å². The molecule has 194 valence electrons. The summed E-state index contributed by atoms with van der Waals surface area (Å²) in [4.78, 5) is 14.3. The van der Waals surface area contributed by atoms with Gasteiger partial charge >= 0.3 is 6.18 Å². The first-order valence-electron chi connectivity index (χ1n) is 11.8. The summed E-state index contributed by atoms with van der Waals surface area (Å²) in [5.74, 6) is -0.00268. The van der Waals surface area contributed by atoms with Crippen LogP contribution in [0.1, 0.15) is 30.0 Å². The molecule has 0 bridgehead atoms. The third-order valence-electron chi connectivity index (χ3n) is 6.56. The predicted molar refractivity (Wildman–Crippen MR) is 129 cm³/mol. The number of nitrogens with zero attached hydrogens (tertiary/aromatic N) is 9. The maximum atomic E-state index is 14.8. The SMILES string of the molecule is Fc1cc(-n2cnnn2)ccc1Nc1cccn2c(C3CCN(c4ncc(C(F)(F)F)cn4)CC3)cnc12. The zero-order valence-corrected chi connectivity index (χ0v) is 19.7. The number of nitrogens with one attached hydrogen (secondary N) is 1. The van der Waals surface area contributed by atoms with Crippen LogP contribution in [0.2, 0.25) is 0 Å². The number of aromatic nitrogens is 8. The number of hydrogen-bond acceptors (Lipinski definition) is 8. The van der Waals surface area contributed by atoms with Crippen molar-refractivity contribution in [3.63, 3.8) is 0 Å². The van der Waals surface area contributed by atoms with Gasteiger partial charge in [0.15, 0.2) is 5.65 Å². The van der Waals surface area contributed by atoms with Gasteiger partial charge in [0.2, 0.25) is 5.95 Å². The van der Waals surface area contributed by atoms with Crippen molar-refractivity contribution in [2.45, 2.75) is 24.9 Å². The van der Waals surface area contributed by atoms with E-state index in [1.54, 1.807) is 12.1 Å². The first-order valence-corrected chi connectivity index (χ1v) is 11.8. The predicted octanol–water partition coefficient (Wildman–Crippen LogP) is 4.39. The largest absolute Gasteiger partial charge is 0.419 e. The van der Waals surface area contributed by atoms with Crippen LogP contribution in [-0.2, 0) is 6.18 Å². The van der Waals surface area contributed by atoms with Crippen molar-refractivity contribution >= 4 is 23.0 Å². The number of anilines is 3. The normalized spacial score (nSPS) is 14.8. The lowest BCUT2D eigenvalue weighted by atomic mass is 9.94. The molecule has 0 saturated carbocycles. The Morgan fingerprint density at radius 2 is 1.74 bits per heavy atom. The van der Waals surface area contributed by atoms with Crippen LogP contribution < -0.4 is 10.2 Å². The van der Waals surface area contributed by atoms with Crippen LogP contribution in [0.3, 0.4) is 0 Å². The van der Waals surface area contributed by atoms with E-state index in [-0.39, 0.29) is 17.6 Å². The lowest BCUT2D eigenvalue weighted by molar-refractivity contribution is -0.138. The summed E-state index contributed by atoms with van der Waals surface area (Å²) in [5, 5.41) is 14.0. The number of pyridine rings is 1. The Morgan fingerprint density at radius 1 is 0.947 bits per heavy atom. The van der Waals surface area contributed by atoms with Crippen molar-refractivity contribution in [1.29, 1.82) is 0 Å². The number of fused-ring (bicyclic) bond motifs is 1. The van der Waals surface area contributed by atoms with Gasteiger partial charge in [-0.1, -0.05) is 0 Å². The molecule has 0 unspecified atom stereocenters. The van der Waals surface area contributed by atoms with Crippen LogP contribution in [0.5, 0.6) is 0 Å². The molecule has 10 nitrogen and oxygen atoms in total. The van der Waals surface area contributed by atoms with Crippen molar-refractivity contribution in [3.8, 4) is 5.69 Å². The summed E-state index contributed by atoms with van der Waals surface area (Å²) >= 11 is 0. The maximum Gasteiger partial charge on any atom is 0.419 e. The summed E-state index contributed by atoms with van der Waals surface area (Å²) in [5.41, 5.74) is 2.21. The highest BCUT2D eigenvalue weighted by molar-refractivity contribution is 5.74. The maximum absolute atomic E-state index is 14.8. The van der Waals surface area contributed by atoms with Crippen molar-refractivity contribution in [3.05, 3.63) is 78.5 Å². The van der Waals surface area contributed by atoms with Gasteiger partial charge in [-0.25, -0.2) is 24.0 Å². The third-order valence-corrected chi connectivity index (χ3v) is 6.56.